The first kappa shape index (κ1) is 23.9. The molecule has 0 aromatic heterocycles. The standard InChI is InChI=1S/C19H22F6N4O3/c20-18(21,22)12-2-1-3-14(10-12)26-17(30)28-8-6-27(7-9-28)15-5-4-13(19(23,24)25)11-16(15)29(31)32/h4-5,11-12,14H,1-3,6-10H2,(H,26,30)/t12-,14+/m0/s1. The Morgan fingerprint density at radius 2 is 1.72 bits per heavy atom. The first-order chi connectivity index (χ1) is 14.9. The van der Waals surface area contributed by atoms with Gasteiger partial charge in [-0.25, -0.2) is 4.79 Å². The van der Waals surface area contributed by atoms with E-state index >= 15 is 0 Å². The van der Waals surface area contributed by atoms with Crippen LogP contribution in [-0.2, 0) is 6.18 Å². The van der Waals surface area contributed by atoms with Crippen LogP contribution in [0.25, 0.3) is 0 Å². The quantitative estimate of drug-likeness (QED) is 0.401. The molecule has 1 aliphatic carbocycles. The van der Waals surface area contributed by atoms with Crippen LogP contribution in [0.15, 0.2) is 18.2 Å². The Balaban J connectivity index is 1.60. The van der Waals surface area contributed by atoms with Crippen LogP contribution in [0.2, 0.25) is 0 Å². The van der Waals surface area contributed by atoms with Gasteiger partial charge >= 0.3 is 18.4 Å². The van der Waals surface area contributed by atoms with Crippen LogP contribution in [0, 0.1) is 16.0 Å². The second-order valence-electron chi connectivity index (χ2n) is 7.98. The van der Waals surface area contributed by atoms with Gasteiger partial charge in [0, 0.05) is 38.3 Å². The molecule has 1 saturated carbocycles. The Morgan fingerprint density at radius 1 is 1.06 bits per heavy atom. The van der Waals surface area contributed by atoms with Crippen molar-refractivity contribution < 1.29 is 36.1 Å². The number of anilines is 1. The minimum absolute atomic E-state index is 0.0170. The van der Waals surface area contributed by atoms with Gasteiger partial charge in [-0.05, 0) is 31.4 Å². The molecule has 178 valence electrons. The molecule has 2 fully saturated rings. The fourth-order valence-corrected chi connectivity index (χ4v) is 4.15. The van der Waals surface area contributed by atoms with E-state index in [1.807, 2.05) is 0 Å². The van der Waals surface area contributed by atoms with Crippen molar-refractivity contribution in [3.8, 4) is 0 Å². The van der Waals surface area contributed by atoms with Gasteiger partial charge in [0.15, 0.2) is 0 Å². The molecule has 0 bridgehead atoms. The smallest absolute Gasteiger partial charge is 0.362 e. The monoisotopic (exact) mass is 468 g/mol. The number of amides is 2. The maximum atomic E-state index is 13.0. The van der Waals surface area contributed by atoms with E-state index in [0.29, 0.717) is 18.9 Å². The molecule has 1 N–H and O–H groups in total. The summed E-state index contributed by atoms with van der Waals surface area (Å²) < 4.78 is 77.5. The highest BCUT2D eigenvalue weighted by atomic mass is 19.4. The molecule has 3 rings (SSSR count). The van der Waals surface area contributed by atoms with Gasteiger partial charge in [-0.2, -0.15) is 26.3 Å². The van der Waals surface area contributed by atoms with E-state index in [4.69, 9.17) is 0 Å². The molecule has 2 atom stereocenters. The minimum atomic E-state index is -4.72. The normalized spacial score (nSPS) is 22.6. The van der Waals surface area contributed by atoms with Crippen LogP contribution < -0.4 is 10.2 Å². The molecule has 2 amide bonds. The number of halogens is 6. The van der Waals surface area contributed by atoms with Crippen molar-refractivity contribution in [2.75, 3.05) is 31.1 Å². The van der Waals surface area contributed by atoms with Crippen molar-refractivity contribution in [1.82, 2.24) is 10.2 Å². The molecule has 1 aromatic carbocycles. The Labute approximate surface area is 179 Å². The minimum Gasteiger partial charge on any atom is -0.362 e. The maximum Gasteiger partial charge on any atom is 0.416 e. The molecule has 0 spiro atoms. The average Bonchev–Trinajstić information content (AvgIpc) is 2.72. The van der Waals surface area contributed by atoms with E-state index in [1.54, 1.807) is 0 Å². The van der Waals surface area contributed by atoms with Gasteiger partial charge in [-0.1, -0.05) is 6.42 Å². The highest BCUT2D eigenvalue weighted by molar-refractivity contribution is 5.75. The summed E-state index contributed by atoms with van der Waals surface area (Å²) in [5.74, 6) is -1.45. The lowest BCUT2D eigenvalue weighted by atomic mass is 9.85. The molecule has 0 unspecified atom stereocenters. The third-order valence-electron chi connectivity index (χ3n) is 5.87. The number of piperazine rings is 1. The zero-order valence-corrected chi connectivity index (χ0v) is 16.9. The number of nitrogens with zero attached hydrogens (tertiary/aromatic N) is 3. The molecule has 1 saturated heterocycles. The molecule has 0 radical (unpaired) electrons. The lowest BCUT2D eigenvalue weighted by molar-refractivity contribution is -0.384. The summed E-state index contributed by atoms with van der Waals surface area (Å²) in [6, 6.07) is 1.18. The van der Waals surface area contributed by atoms with E-state index in [2.05, 4.69) is 5.32 Å². The van der Waals surface area contributed by atoms with Gasteiger partial charge in [0.2, 0.25) is 0 Å². The number of alkyl halides is 6. The largest absolute Gasteiger partial charge is 0.416 e. The molecule has 1 aromatic rings. The maximum absolute atomic E-state index is 13.0. The topological polar surface area (TPSA) is 78.7 Å². The molecular formula is C19H22F6N4O3. The predicted molar refractivity (Wildman–Crippen MR) is 102 cm³/mol. The van der Waals surface area contributed by atoms with Crippen molar-refractivity contribution in [2.24, 2.45) is 5.92 Å². The van der Waals surface area contributed by atoms with Crippen molar-refractivity contribution in [2.45, 2.75) is 44.1 Å². The fraction of sp³-hybridized carbons (Fsp3) is 0.632. The van der Waals surface area contributed by atoms with Gasteiger partial charge in [0.25, 0.3) is 5.69 Å². The molecule has 32 heavy (non-hydrogen) atoms. The third kappa shape index (κ3) is 5.54. The van der Waals surface area contributed by atoms with Crippen LogP contribution >= 0.6 is 0 Å². The third-order valence-corrected chi connectivity index (χ3v) is 5.87. The molecule has 13 heteroatoms. The lowest BCUT2D eigenvalue weighted by Crippen LogP contribution is -2.54. The highest BCUT2D eigenvalue weighted by Crippen LogP contribution is 2.38. The SMILES string of the molecule is O=C(N[C@@H]1CCC[C@H](C(F)(F)F)C1)N1CCN(c2ccc(C(F)(F)F)cc2[N+](=O)[O-])CC1. The van der Waals surface area contributed by atoms with E-state index in [1.165, 1.54) is 9.80 Å². The Hall–Kier alpha value is -2.73. The second kappa shape index (κ2) is 9.02. The number of carbonyl (C=O) groups excluding carboxylic acids is 1. The van der Waals surface area contributed by atoms with Crippen molar-refractivity contribution in [3.05, 3.63) is 33.9 Å². The summed E-state index contributed by atoms with van der Waals surface area (Å²) >= 11 is 0. The summed E-state index contributed by atoms with van der Waals surface area (Å²) in [7, 11) is 0. The molecule has 2 aliphatic rings. The Bertz CT molecular complexity index is 852. The van der Waals surface area contributed by atoms with Crippen LogP contribution in [0.4, 0.5) is 42.5 Å². The van der Waals surface area contributed by atoms with Crippen LogP contribution in [0.3, 0.4) is 0 Å². The van der Waals surface area contributed by atoms with Gasteiger partial charge in [-0.3, -0.25) is 10.1 Å². The number of nitrogens with one attached hydrogen (secondary N) is 1. The predicted octanol–water partition coefficient (Wildman–Crippen LogP) is 4.57. The summed E-state index contributed by atoms with van der Waals surface area (Å²) in [5.41, 5.74) is -1.79. The summed E-state index contributed by atoms with van der Waals surface area (Å²) in [6.45, 7) is 0.518. The zero-order valence-electron chi connectivity index (χ0n) is 16.9. The van der Waals surface area contributed by atoms with E-state index in [0.717, 1.165) is 12.1 Å². The first-order valence-corrected chi connectivity index (χ1v) is 10.1. The van der Waals surface area contributed by atoms with Crippen LogP contribution in [0.1, 0.15) is 31.2 Å². The Morgan fingerprint density at radius 3 is 2.28 bits per heavy atom. The lowest BCUT2D eigenvalue weighted by Gasteiger charge is -2.37. The molecule has 7 nitrogen and oxygen atoms in total. The van der Waals surface area contributed by atoms with E-state index in [9.17, 15) is 41.3 Å². The number of rotatable bonds is 3. The van der Waals surface area contributed by atoms with Gasteiger partial charge in [0.1, 0.15) is 5.69 Å². The number of nitro benzene ring substituents is 1. The Kier molecular flexibility index (Phi) is 6.75. The molecule has 1 heterocycles. The zero-order chi connectivity index (χ0) is 23.7. The summed E-state index contributed by atoms with van der Waals surface area (Å²) in [6.07, 6.45) is -8.33. The van der Waals surface area contributed by atoms with Crippen molar-refractivity contribution >= 4 is 17.4 Å². The van der Waals surface area contributed by atoms with Gasteiger partial charge in [0.05, 0.1) is 16.4 Å². The van der Waals surface area contributed by atoms with Gasteiger partial charge in [-0.15, -0.1) is 0 Å². The average molecular weight is 468 g/mol. The number of hydrogen-bond donors (Lipinski definition) is 1. The van der Waals surface area contributed by atoms with E-state index < -0.39 is 46.5 Å². The summed E-state index contributed by atoms with van der Waals surface area (Å²) in [5, 5.41) is 13.9. The highest BCUT2D eigenvalue weighted by Gasteiger charge is 2.42. The summed E-state index contributed by atoms with van der Waals surface area (Å²) in [4.78, 5) is 25.8. The van der Waals surface area contributed by atoms with Crippen molar-refractivity contribution in [3.63, 3.8) is 0 Å². The molecular weight excluding hydrogens is 446 g/mol. The number of nitro groups is 1. The number of carbonyl (C=O) groups is 1. The number of urea groups is 1. The van der Waals surface area contributed by atoms with Crippen LogP contribution in [0.5, 0.6) is 0 Å². The molecule has 1 aliphatic heterocycles. The van der Waals surface area contributed by atoms with Crippen LogP contribution in [-0.4, -0.2) is 54.3 Å². The second-order valence-corrected chi connectivity index (χ2v) is 7.98. The fourth-order valence-electron chi connectivity index (χ4n) is 4.15. The van der Waals surface area contributed by atoms with E-state index in [-0.39, 0.29) is 44.7 Å². The first-order valence-electron chi connectivity index (χ1n) is 10.1. The number of benzene rings is 1. The van der Waals surface area contributed by atoms with Gasteiger partial charge < -0.3 is 15.1 Å². The van der Waals surface area contributed by atoms with Crippen molar-refractivity contribution in [1.29, 1.82) is 0 Å². The number of hydrogen-bond acceptors (Lipinski definition) is 4.